The van der Waals surface area contributed by atoms with E-state index < -0.39 is 0 Å². The fourth-order valence-electron chi connectivity index (χ4n) is 3.29. The van der Waals surface area contributed by atoms with Crippen LogP contribution in [0, 0.1) is 5.92 Å². The molecule has 138 valence electrons. The zero-order valence-electron chi connectivity index (χ0n) is 14.7. The van der Waals surface area contributed by atoms with Crippen molar-refractivity contribution in [3.63, 3.8) is 0 Å². The molecule has 0 aromatic heterocycles. The average molecular weight is 409 g/mol. The molecule has 1 atom stereocenters. The van der Waals surface area contributed by atoms with Crippen molar-refractivity contribution in [1.29, 1.82) is 0 Å². The van der Waals surface area contributed by atoms with Crippen LogP contribution in [0.1, 0.15) is 18.4 Å². The van der Waals surface area contributed by atoms with Crippen molar-refractivity contribution in [2.45, 2.75) is 24.3 Å². The van der Waals surface area contributed by atoms with Gasteiger partial charge < -0.3 is 5.32 Å². The zero-order chi connectivity index (χ0) is 18.5. The average Bonchev–Trinajstić information content (AvgIpc) is 2.65. The number of carbonyl (C=O) groups excluding carboxylic acids is 1. The monoisotopic (exact) mass is 408 g/mol. The number of amides is 1. The maximum absolute atomic E-state index is 12.8. The minimum absolute atomic E-state index is 0.00950. The molecule has 1 amide bonds. The third-order valence-corrected chi connectivity index (χ3v) is 6.03. The lowest BCUT2D eigenvalue weighted by atomic mass is 9.96. The molecule has 3 nitrogen and oxygen atoms in total. The van der Waals surface area contributed by atoms with E-state index >= 15 is 0 Å². The molecule has 0 radical (unpaired) electrons. The summed E-state index contributed by atoms with van der Waals surface area (Å²) in [5, 5.41) is 4.42. The molecule has 1 fully saturated rings. The van der Waals surface area contributed by atoms with Crippen LogP contribution in [-0.4, -0.2) is 30.2 Å². The van der Waals surface area contributed by atoms with E-state index in [4.69, 9.17) is 23.2 Å². The molecule has 0 bridgehead atoms. The van der Waals surface area contributed by atoms with Crippen LogP contribution < -0.4 is 5.32 Å². The van der Waals surface area contributed by atoms with Crippen molar-refractivity contribution in [2.24, 2.45) is 5.92 Å². The van der Waals surface area contributed by atoms with Gasteiger partial charge in [-0.3, -0.25) is 9.69 Å². The van der Waals surface area contributed by atoms with Gasteiger partial charge in [0.2, 0.25) is 5.91 Å². The summed E-state index contributed by atoms with van der Waals surface area (Å²) in [6.45, 7) is 2.46. The van der Waals surface area contributed by atoms with E-state index in [1.807, 2.05) is 42.7 Å². The molecule has 1 heterocycles. The number of rotatable bonds is 5. The third kappa shape index (κ3) is 4.95. The van der Waals surface area contributed by atoms with Gasteiger partial charge in [-0.15, -0.1) is 11.8 Å². The number of hydrogen-bond acceptors (Lipinski definition) is 3. The predicted molar refractivity (Wildman–Crippen MR) is 111 cm³/mol. The van der Waals surface area contributed by atoms with Gasteiger partial charge in [-0.25, -0.2) is 0 Å². The van der Waals surface area contributed by atoms with Crippen molar-refractivity contribution in [1.82, 2.24) is 4.90 Å². The number of para-hydroxylation sites is 1. The molecule has 0 saturated carbocycles. The van der Waals surface area contributed by atoms with E-state index in [9.17, 15) is 4.79 Å². The van der Waals surface area contributed by atoms with Gasteiger partial charge in [0, 0.05) is 28.0 Å². The van der Waals surface area contributed by atoms with Crippen LogP contribution in [0.4, 0.5) is 5.69 Å². The molecule has 1 aliphatic rings. The Hall–Kier alpha value is -1.20. The summed E-state index contributed by atoms with van der Waals surface area (Å²) >= 11 is 13.9. The number of likely N-dealkylation sites (tertiary alicyclic amines) is 1. The summed E-state index contributed by atoms with van der Waals surface area (Å²) in [7, 11) is 0. The molecular weight excluding hydrogens is 387 g/mol. The highest BCUT2D eigenvalue weighted by Gasteiger charge is 2.26. The Bertz CT molecular complexity index is 784. The van der Waals surface area contributed by atoms with E-state index in [-0.39, 0.29) is 11.8 Å². The molecule has 3 rings (SSSR count). The summed E-state index contributed by atoms with van der Waals surface area (Å²) in [6, 6.07) is 13.5. The molecule has 2 aromatic carbocycles. The number of piperidine rings is 1. The Morgan fingerprint density at radius 1 is 1.27 bits per heavy atom. The fraction of sp³-hybridized carbons (Fsp3) is 0.350. The summed E-state index contributed by atoms with van der Waals surface area (Å²) in [5.74, 6) is 0.0862. The van der Waals surface area contributed by atoms with Crippen LogP contribution in [0.3, 0.4) is 0 Å². The predicted octanol–water partition coefficient (Wildman–Crippen LogP) is 5.57. The van der Waals surface area contributed by atoms with Crippen LogP contribution in [-0.2, 0) is 11.3 Å². The molecular formula is C20H22Cl2N2OS. The fourth-order valence-corrected chi connectivity index (χ4v) is 4.31. The Balaban J connectivity index is 1.63. The first kappa shape index (κ1) is 19.6. The van der Waals surface area contributed by atoms with Crippen LogP contribution in [0.15, 0.2) is 47.4 Å². The van der Waals surface area contributed by atoms with Gasteiger partial charge in [-0.05, 0) is 55.5 Å². The third-order valence-electron chi connectivity index (χ3n) is 4.65. The second kappa shape index (κ2) is 9.14. The van der Waals surface area contributed by atoms with Gasteiger partial charge in [0.1, 0.15) is 0 Å². The summed E-state index contributed by atoms with van der Waals surface area (Å²) < 4.78 is 0. The van der Waals surface area contributed by atoms with Crippen molar-refractivity contribution < 1.29 is 4.79 Å². The molecule has 2 aromatic rings. The zero-order valence-corrected chi connectivity index (χ0v) is 17.0. The smallest absolute Gasteiger partial charge is 0.228 e. The molecule has 0 spiro atoms. The van der Waals surface area contributed by atoms with Crippen LogP contribution in [0.5, 0.6) is 0 Å². The van der Waals surface area contributed by atoms with Gasteiger partial charge in [0.05, 0.1) is 11.6 Å². The number of nitrogens with zero attached hydrogens (tertiary/aromatic N) is 1. The van der Waals surface area contributed by atoms with Crippen molar-refractivity contribution in [3.05, 3.63) is 58.1 Å². The number of thioether (sulfide) groups is 1. The highest BCUT2D eigenvalue weighted by molar-refractivity contribution is 7.98. The standard InChI is InChI=1S/C20H22Cl2N2OS/c1-26-19-7-3-2-6-18(19)23-20(25)15-5-4-10-24(13-15)12-14-8-9-16(21)11-17(14)22/h2-3,6-9,11,15H,4-5,10,12-13H2,1H3,(H,23,25). The van der Waals surface area contributed by atoms with Gasteiger partial charge in [0.15, 0.2) is 0 Å². The van der Waals surface area contributed by atoms with Crippen LogP contribution in [0.2, 0.25) is 10.0 Å². The minimum Gasteiger partial charge on any atom is -0.325 e. The topological polar surface area (TPSA) is 32.3 Å². The van der Waals surface area contributed by atoms with Crippen LogP contribution >= 0.6 is 35.0 Å². The van der Waals surface area contributed by atoms with Crippen LogP contribution in [0.25, 0.3) is 0 Å². The summed E-state index contributed by atoms with van der Waals surface area (Å²) in [6.07, 6.45) is 3.94. The Labute approximate surface area is 169 Å². The van der Waals surface area contributed by atoms with E-state index in [2.05, 4.69) is 10.2 Å². The SMILES string of the molecule is CSc1ccccc1NC(=O)C1CCCN(Cc2ccc(Cl)cc2Cl)C1. The molecule has 6 heteroatoms. The highest BCUT2D eigenvalue weighted by atomic mass is 35.5. The van der Waals surface area contributed by atoms with E-state index in [1.165, 1.54) is 0 Å². The summed E-state index contributed by atoms with van der Waals surface area (Å²) in [4.78, 5) is 16.1. The lowest BCUT2D eigenvalue weighted by Crippen LogP contribution is -2.40. The molecule has 1 N–H and O–H groups in total. The first-order valence-corrected chi connectivity index (χ1v) is 10.6. The van der Waals surface area contributed by atoms with Crippen molar-refractivity contribution in [3.8, 4) is 0 Å². The molecule has 1 aliphatic heterocycles. The normalized spacial score (nSPS) is 17.9. The maximum Gasteiger partial charge on any atom is 0.228 e. The van der Waals surface area contributed by atoms with Gasteiger partial charge in [-0.1, -0.05) is 41.4 Å². The van der Waals surface area contributed by atoms with E-state index in [0.717, 1.165) is 48.6 Å². The van der Waals surface area contributed by atoms with Gasteiger partial charge in [-0.2, -0.15) is 0 Å². The largest absolute Gasteiger partial charge is 0.325 e. The number of anilines is 1. The number of hydrogen-bond donors (Lipinski definition) is 1. The first-order valence-electron chi connectivity index (χ1n) is 8.67. The molecule has 1 saturated heterocycles. The maximum atomic E-state index is 12.8. The minimum atomic E-state index is -0.00950. The Morgan fingerprint density at radius 2 is 2.08 bits per heavy atom. The number of benzene rings is 2. The quantitative estimate of drug-likeness (QED) is 0.656. The van der Waals surface area contributed by atoms with E-state index in [0.29, 0.717) is 10.0 Å². The second-order valence-corrected chi connectivity index (χ2v) is 8.19. The van der Waals surface area contributed by atoms with Crippen molar-refractivity contribution in [2.75, 3.05) is 24.7 Å². The Kier molecular flexibility index (Phi) is 6.87. The van der Waals surface area contributed by atoms with Crippen molar-refractivity contribution >= 4 is 46.6 Å². The molecule has 0 aliphatic carbocycles. The molecule has 1 unspecified atom stereocenters. The van der Waals surface area contributed by atoms with Gasteiger partial charge in [0.25, 0.3) is 0 Å². The lowest BCUT2D eigenvalue weighted by molar-refractivity contribution is -0.121. The first-order chi connectivity index (χ1) is 12.6. The number of nitrogens with one attached hydrogen (secondary N) is 1. The lowest BCUT2D eigenvalue weighted by Gasteiger charge is -2.32. The van der Waals surface area contributed by atoms with E-state index in [1.54, 1.807) is 17.8 Å². The summed E-state index contributed by atoms with van der Waals surface area (Å²) in [5.41, 5.74) is 1.94. The number of halogens is 2. The second-order valence-electron chi connectivity index (χ2n) is 6.50. The number of carbonyl (C=O) groups is 1. The van der Waals surface area contributed by atoms with Gasteiger partial charge >= 0.3 is 0 Å². The highest BCUT2D eigenvalue weighted by Crippen LogP contribution is 2.28. The molecule has 26 heavy (non-hydrogen) atoms. The Morgan fingerprint density at radius 3 is 2.85 bits per heavy atom.